The molecule has 0 spiro atoms. The highest BCUT2D eigenvalue weighted by Crippen LogP contribution is 2.28. The molecule has 20 heavy (non-hydrogen) atoms. The molecule has 1 unspecified atom stereocenters. The van der Waals surface area contributed by atoms with E-state index in [0.717, 1.165) is 22.2 Å². The Morgan fingerprint density at radius 2 is 2.05 bits per heavy atom. The van der Waals surface area contributed by atoms with Crippen LogP contribution in [0.2, 0.25) is 0 Å². The van der Waals surface area contributed by atoms with Gasteiger partial charge in [0.2, 0.25) is 0 Å². The van der Waals surface area contributed by atoms with Gasteiger partial charge in [0, 0.05) is 12.6 Å². The van der Waals surface area contributed by atoms with Gasteiger partial charge in [0.1, 0.15) is 12.4 Å². The molecule has 0 saturated heterocycles. The van der Waals surface area contributed by atoms with Gasteiger partial charge in [-0.25, -0.2) is 8.78 Å². The van der Waals surface area contributed by atoms with E-state index in [1.54, 1.807) is 0 Å². The number of ether oxygens (including phenoxy) is 2. The van der Waals surface area contributed by atoms with Crippen LogP contribution >= 0.6 is 15.9 Å². The van der Waals surface area contributed by atoms with Crippen LogP contribution in [-0.2, 0) is 4.74 Å². The summed E-state index contributed by atoms with van der Waals surface area (Å²) in [4.78, 5) is 0. The fourth-order valence-electron chi connectivity index (χ4n) is 1.63. The molecule has 1 aromatic carbocycles. The third-order valence-corrected chi connectivity index (χ3v) is 3.28. The lowest BCUT2D eigenvalue weighted by atomic mass is 10.1. The lowest BCUT2D eigenvalue weighted by Gasteiger charge is -2.14. The first-order valence-electron chi connectivity index (χ1n) is 6.58. The quantitative estimate of drug-likeness (QED) is 0.686. The Morgan fingerprint density at radius 3 is 2.65 bits per heavy atom. The molecule has 1 aromatic rings. The van der Waals surface area contributed by atoms with Gasteiger partial charge >= 0.3 is 0 Å². The Kier molecular flexibility index (Phi) is 8.02. The van der Waals surface area contributed by atoms with Gasteiger partial charge in [-0.2, -0.15) is 0 Å². The highest BCUT2D eigenvalue weighted by Gasteiger charge is 2.10. The summed E-state index contributed by atoms with van der Waals surface area (Å²) in [6, 6.07) is 5.38. The van der Waals surface area contributed by atoms with Crippen LogP contribution < -0.4 is 10.5 Å². The van der Waals surface area contributed by atoms with Crippen molar-refractivity contribution in [2.75, 3.05) is 19.8 Å². The van der Waals surface area contributed by atoms with Crippen LogP contribution in [0.25, 0.3) is 0 Å². The van der Waals surface area contributed by atoms with Gasteiger partial charge in [-0.15, -0.1) is 0 Å². The van der Waals surface area contributed by atoms with Crippen LogP contribution in [0.3, 0.4) is 0 Å². The van der Waals surface area contributed by atoms with E-state index in [0.29, 0.717) is 13.0 Å². The molecule has 114 valence electrons. The summed E-state index contributed by atoms with van der Waals surface area (Å²) in [5.74, 6) is 0.775. The van der Waals surface area contributed by atoms with Crippen LogP contribution in [-0.4, -0.2) is 26.2 Å². The van der Waals surface area contributed by atoms with Gasteiger partial charge in [0.05, 0.1) is 11.1 Å². The maximum Gasteiger partial charge on any atom is 0.261 e. The largest absolute Gasteiger partial charge is 0.492 e. The van der Waals surface area contributed by atoms with E-state index < -0.39 is 13.0 Å². The van der Waals surface area contributed by atoms with Crippen molar-refractivity contribution in [2.45, 2.75) is 32.2 Å². The SMILES string of the molecule is CCCOc1ccc(C(N)CCOCC(F)F)cc1Br. The van der Waals surface area contributed by atoms with E-state index in [9.17, 15) is 8.78 Å². The average Bonchev–Trinajstić information content (AvgIpc) is 2.41. The first-order valence-corrected chi connectivity index (χ1v) is 7.37. The number of benzene rings is 1. The minimum Gasteiger partial charge on any atom is -0.492 e. The number of hydrogen-bond donors (Lipinski definition) is 1. The maximum atomic E-state index is 11.9. The highest BCUT2D eigenvalue weighted by atomic mass is 79.9. The van der Waals surface area contributed by atoms with E-state index >= 15 is 0 Å². The normalized spacial score (nSPS) is 12.7. The Hall–Kier alpha value is -0.720. The van der Waals surface area contributed by atoms with Gasteiger partial charge < -0.3 is 15.2 Å². The summed E-state index contributed by atoms with van der Waals surface area (Å²) < 4.78 is 35.0. The Morgan fingerprint density at radius 1 is 1.30 bits per heavy atom. The second kappa shape index (κ2) is 9.26. The van der Waals surface area contributed by atoms with Gasteiger partial charge in [0.15, 0.2) is 0 Å². The van der Waals surface area contributed by atoms with Crippen LogP contribution in [0.5, 0.6) is 5.75 Å². The summed E-state index contributed by atoms with van der Waals surface area (Å²) in [5, 5.41) is 0. The van der Waals surface area contributed by atoms with E-state index in [1.165, 1.54) is 0 Å². The molecule has 0 aliphatic heterocycles. The fraction of sp³-hybridized carbons (Fsp3) is 0.571. The van der Waals surface area contributed by atoms with Crippen molar-refractivity contribution in [3.8, 4) is 5.75 Å². The fourth-order valence-corrected chi connectivity index (χ4v) is 2.14. The Balaban J connectivity index is 2.47. The maximum absolute atomic E-state index is 11.9. The highest BCUT2D eigenvalue weighted by molar-refractivity contribution is 9.10. The van der Waals surface area contributed by atoms with Gasteiger partial charge in [0.25, 0.3) is 6.43 Å². The first kappa shape index (κ1) is 17.3. The molecule has 1 rings (SSSR count). The predicted octanol–water partition coefficient (Wildman–Crippen LogP) is 3.91. The van der Waals surface area contributed by atoms with Crippen LogP contribution in [0.1, 0.15) is 31.4 Å². The summed E-state index contributed by atoms with van der Waals surface area (Å²) in [6.45, 7) is 2.38. The molecular weight excluding hydrogens is 332 g/mol. The molecule has 0 fully saturated rings. The van der Waals surface area contributed by atoms with Crippen molar-refractivity contribution >= 4 is 15.9 Å². The number of rotatable bonds is 9. The minimum atomic E-state index is -2.43. The van der Waals surface area contributed by atoms with E-state index in [-0.39, 0.29) is 12.6 Å². The van der Waals surface area contributed by atoms with E-state index in [2.05, 4.69) is 15.9 Å². The molecule has 0 aliphatic carbocycles. The molecular formula is C14H20BrF2NO2. The van der Waals surface area contributed by atoms with Crippen LogP contribution in [0.15, 0.2) is 22.7 Å². The zero-order chi connectivity index (χ0) is 15.0. The van der Waals surface area contributed by atoms with Crippen molar-refractivity contribution in [1.82, 2.24) is 0 Å². The predicted molar refractivity (Wildman–Crippen MR) is 78.3 cm³/mol. The molecule has 0 radical (unpaired) electrons. The standard InChI is InChI=1S/C14H20BrF2NO2/c1-2-6-20-13-4-3-10(8-11(13)15)12(18)5-7-19-9-14(16)17/h3-4,8,12,14H,2,5-7,9,18H2,1H3. The van der Waals surface area contributed by atoms with E-state index in [4.69, 9.17) is 15.2 Å². The number of alkyl halides is 2. The van der Waals surface area contributed by atoms with Crippen molar-refractivity contribution in [1.29, 1.82) is 0 Å². The zero-order valence-electron chi connectivity index (χ0n) is 11.5. The minimum absolute atomic E-state index is 0.219. The monoisotopic (exact) mass is 351 g/mol. The van der Waals surface area contributed by atoms with Gasteiger partial charge in [-0.3, -0.25) is 0 Å². The second-order valence-corrected chi connectivity index (χ2v) is 5.25. The van der Waals surface area contributed by atoms with Crippen molar-refractivity contribution in [3.63, 3.8) is 0 Å². The van der Waals surface area contributed by atoms with Crippen molar-refractivity contribution in [2.24, 2.45) is 5.73 Å². The Bertz CT molecular complexity index is 405. The third-order valence-electron chi connectivity index (χ3n) is 2.66. The lowest BCUT2D eigenvalue weighted by Crippen LogP contribution is -2.15. The topological polar surface area (TPSA) is 44.5 Å². The van der Waals surface area contributed by atoms with Crippen LogP contribution in [0, 0.1) is 0 Å². The van der Waals surface area contributed by atoms with Crippen LogP contribution in [0.4, 0.5) is 8.78 Å². The smallest absolute Gasteiger partial charge is 0.261 e. The average molecular weight is 352 g/mol. The van der Waals surface area contributed by atoms with Gasteiger partial charge in [-0.05, 0) is 46.5 Å². The van der Waals surface area contributed by atoms with Crippen molar-refractivity contribution in [3.05, 3.63) is 28.2 Å². The number of halogens is 3. The van der Waals surface area contributed by atoms with E-state index in [1.807, 2.05) is 25.1 Å². The second-order valence-electron chi connectivity index (χ2n) is 4.40. The first-order chi connectivity index (χ1) is 9.54. The third kappa shape index (κ3) is 6.15. The summed E-state index contributed by atoms with van der Waals surface area (Å²) in [7, 11) is 0. The molecule has 2 N–H and O–H groups in total. The Labute approximate surface area is 126 Å². The molecule has 0 bridgehead atoms. The molecule has 0 amide bonds. The summed E-state index contributed by atoms with van der Waals surface area (Å²) in [6.07, 6.45) is -1.00. The zero-order valence-corrected chi connectivity index (χ0v) is 13.0. The molecule has 1 atom stereocenters. The molecule has 0 aromatic heterocycles. The molecule has 0 aliphatic rings. The lowest BCUT2D eigenvalue weighted by molar-refractivity contribution is 0.0152. The summed E-state index contributed by atoms with van der Waals surface area (Å²) >= 11 is 3.44. The number of nitrogens with two attached hydrogens (primary N) is 1. The molecule has 0 saturated carbocycles. The molecule has 0 heterocycles. The molecule has 6 heteroatoms. The van der Waals surface area contributed by atoms with Gasteiger partial charge in [-0.1, -0.05) is 13.0 Å². The molecule has 3 nitrogen and oxygen atoms in total. The summed E-state index contributed by atoms with van der Waals surface area (Å²) in [5.41, 5.74) is 6.92. The number of hydrogen-bond acceptors (Lipinski definition) is 3. The van der Waals surface area contributed by atoms with Crippen molar-refractivity contribution < 1.29 is 18.3 Å².